The van der Waals surface area contributed by atoms with Crippen molar-refractivity contribution < 1.29 is 39.1 Å². The van der Waals surface area contributed by atoms with Gasteiger partial charge in [-0.05, 0) is 59.2 Å². The molecule has 0 aliphatic carbocycles. The van der Waals surface area contributed by atoms with E-state index < -0.39 is 48.1 Å². The van der Waals surface area contributed by atoms with Gasteiger partial charge in [0.25, 0.3) is 0 Å². The van der Waals surface area contributed by atoms with Crippen molar-refractivity contribution in [3.05, 3.63) is 0 Å². The van der Waals surface area contributed by atoms with Crippen LogP contribution in [0.5, 0.6) is 0 Å². The number of carboxylic acid groups (broad SMARTS) is 1. The highest BCUT2D eigenvalue weighted by atomic mass is 16.6. The van der Waals surface area contributed by atoms with Gasteiger partial charge in [-0.15, -0.1) is 0 Å². The van der Waals surface area contributed by atoms with Gasteiger partial charge in [0.15, 0.2) is 0 Å². The number of primary amides is 1. The predicted molar refractivity (Wildman–Crippen MR) is 121 cm³/mol. The van der Waals surface area contributed by atoms with Gasteiger partial charge < -0.3 is 35.8 Å². The molecule has 0 radical (unpaired) electrons. The summed E-state index contributed by atoms with van der Waals surface area (Å²) >= 11 is 0. The van der Waals surface area contributed by atoms with Gasteiger partial charge in [0, 0.05) is 19.5 Å². The molecule has 6 N–H and O–H groups in total. The minimum absolute atomic E-state index is 0.0346. The summed E-state index contributed by atoms with van der Waals surface area (Å²) in [6, 6.07) is -0.965. The lowest BCUT2D eigenvalue weighted by Gasteiger charge is -2.43. The number of ether oxygens (including phenoxy) is 1. The SMILES string of the molecule is CC(C)(C)OC(=O)N[C@@H](CCCCC(N)=O)C(=O)N1C[C@@H](CCB(O)O)C[C@](C)(C(=O)O)C1. The number of nitrogens with two attached hydrogens (primary N) is 1. The van der Waals surface area contributed by atoms with Gasteiger partial charge in [-0.1, -0.05) is 12.8 Å². The molecular weight excluding hydrogens is 433 g/mol. The highest BCUT2D eigenvalue weighted by Crippen LogP contribution is 2.36. The zero-order valence-corrected chi connectivity index (χ0v) is 20.0. The molecular formula is C21H38BN3O8. The van der Waals surface area contributed by atoms with Crippen molar-refractivity contribution in [1.82, 2.24) is 10.2 Å². The van der Waals surface area contributed by atoms with Gasteiger partial charge in [-0.3, -0.25) is 14.4 Å². The van der Waals surface area contributed by atoms with E-state index in [1.165, 1.54) is 4.90 Å². The van der Waals surface area contributed by atoms with Gasteiger partial charge in [0.05, 0.1) is 5.41 Å². The molecule has 3 atom stereocenters. The summed E-state index contributed by atoms with van der Waals surface area (Å²) < 4.78 is 5.27. The standard InChI is InChI=1S/C21H38BN3O8/c1-20(2,3)33-19(30)24-15(7-5-6-8-16(23)26)17(27)25-12-14(9-10-22(31)32)11-21(4,13-25)18(28)29/h14-15,31-32H,5-13H2,1-4H3,(H2,23,26)(H,24,30)(H,28,29)/t14-,15-,21-/m0/s1. The van der Waals surface area contributed by atoms with E-state index in [9.17, 15) is 34.3 Å². The molecule has 1 heterocycles. The number of carbonyl (C=O) groups is 4. The maximum absolute atomic E-state index is 13.4. The number of nitrogens with one attached hydrogen (secondary N) is 1. The molecule has 0 aromatic heterocycles. The first-order valence-electron chi connectivity index (χ1n) is 11.3. The fourth-order valence-electron chi connectivity index (χ4n) is 4.04. The van der Waals surface area contributed by atoms with Gasteiger partial charge in [0.2, 0.25) is 11.8 Å². The van der Waals surface area contributed by atoms with Gasteiger partial charge in [-0.25, -0.2) is 4.79 Å². The number of likely N-dealkylation sites (tertiary alicyclic amines) is 1. The Morgan fingerprint density at radius 1 is 1.24 bits per heavy atom. The van der Waals surface area contributed by atoms with Crippen molar-refractivity contribution in [1.29, 1.82) is 0 Å². The number of amides is 3. The summed E-state index contributed by atoms with van der Waals surface area (Å²) in [7, 11) is -1.51. The molecule has 188 valence electrons. The lowest BCUT2D eigenvalue weighted by atomic mass is 9.72. The lowest BCUT2D eigenvalue weighted by Crippen LogP contribution is -2.57. The molecule has 1 aliphatic rings. The highest BCUT2D eigenvalue weighted by molar-refractivity contribution is 6.40. The number of hydrogen-bond acceptors (Lipinski definition) is 7. The van der Waals surface area contributed by atoms with E-state index in [0.29, 0.717) is 25.7 Å². The molecule has 3 amide bonds. The summed E-state index contributed by atoms with van der Waals surface area (Å²) in [5, 5.41) is 30.7. The molecule has 0 saturated carbocycles. The Morgan fingerprint density at radius 3 is 2.39 bits per heavy atom. The van der Waals surface area contributed by atoms with Crippen LogP contribution in [-0.4, -0.2) is 75.8 Å². The Morgan fingerprint density at radius 2 is 1.88 bits per heavy atom. The average Bonchev–Trinajstić information content (AvgIpc) is 2.66. The Bertz CT molecular complexity index is 712. The van der Waals surface area contributed by atoms with Crippen molar-refractivity contribution in [2.45, 2.75) is 84.2 Å². The molecule has 1 rings (SSSR count). The first kappa shape index (κ1) is 28.7. The fourth-order valence-corrected chi connectivity index (χ4v) is 4.04. The number of hydrogen-bond donors (Lipinski definition) is 5. The molecule has 1 aliphatic heterocycles. The molecule has 12 heteroatoms. The van der Waals surface area contributed by atoms with Crippen LogP contribution in [0.3, 0.4) is 0 Å². The summed E-state index contributed by atoms with van der Waals surface area (Å²) in [5.41, 5.74) is 3.19. The van der Waals surface area contributed by atoms with Crippen molar-refractivity contribution in [2.24, 2.45) is 17.1 Å². The van der Waals surface area contributed by atoms with Crippen LogP contribution in [0.15, 0.2) is 0 Å². The van der Waals surface area contributed by atoms with E-state index in [2.05, 4.69) is 5.32 Å². The number of aliphatic carboxylic acids is 1. The van der Waals surface area contributed by atoms with Crippen molar-refractivity contribution in [3.63, 3.8) is 0 Å². The molecule has 33 heavy (non-hydrogen) atoms. The van der Waals surface area contributed by atoms with Crippen LogP contribution in [-0.2, 0) is 19.1 Å². The Kier molecular flexibility index (Phi) is 10.6. The van der Waals surface area contributed by atoms with Crippen molar-refractivity contribution in [3.8, 4) is 0 Å². The molecule has 1 fully saturated rings. The molecule has 0 bridgehead atoms. The number of piperidine rings is 1. The maximum Gasteiger partial charge on any atom is 0.451 e. The van der Waals surface area contributed by atoms with Crippen molar-refractivity contribution >= 4 is 31.0 Å². The predicted octanol–water partition coefficient (Wildman–Crippen LogP) is 0.728. The zero-order valence-electron chi connectivity index (χ0n) is 20.0. The average molecular weight is 471 g/mol. The van der Waals surface area contributed by atoms with Crippen LogP contribution in [0.2, 0.25) is 6.32 Å². The van der Waals surface area contributed by atoms with Crippen molar-refractivity contribution in [2.75, 3.05) is 13.1 Å². The molecule has 1 saturated heterocycles. The first-order chi connectivity index (χ1) is 15.1. The first-order valence-corrected chi connectivity index (χ1v) is 11.3. The quantitative estimate of drug-likeness (QED) is 0.216. The van der Waals surface area contributed by atoms with E-state index in [4.69, 9.17) is 10.5 Å². The molecule has 0 unspecified atom stereocenters. The van der Waals surface area contributed by atoms with Crippen LogP contribution in [0.25, 0.3) is 0 Å². The summed E-state index contributed by atoms with van der Waals surface area (Å²) in [5.74, 6) is -2.20. The molecule has 0 aromatic carbocycles. The van der Waals surface area contributed by atoms with Crippen LogP contribution in [0.1, 0.15) is 66.2 Å². The van der Waals surface area contributed by atoms with Gasteiger partial charge in [0.1, 0.15) is 11.6 Å². The minimum Gasteiger partial charge on any atom is -0.481 e. The van der Waals surface area contributed by atoms with Gasteiger partial charge in [-0.2, -0.15) is 0 Å². The van der Waals surface area contributed by atoms with E-state index in [1.807, 2.05) is 0 Å². The molecule has 0 aromatic rings. The van der Waals surface area contributed by atoms with E-state index >= 15 is 0 Å². The monoisotopic (exact) mass is 471 g/mol. The van der Waals surface area contributed by atoms with E-state index in [-0.39, 0.29) is 38.2 Å². The summed E-state index contributed by atoms with van der Waals surface area (Å²) in [4.78, 5) is 50.1. The third-order valence-corrected chi connectivity index (χ3v) is 5.57. The second kappa shape index (κ2) is 12.2. The van der Waals surface area contributed by atoms with E-state index in [0.717, 1.165) is 0 Å². The number of carboxylic acids is 1. The lowest BCUT2D eigenvalue weighted by molar-refractivity contribution is -0.156. The van der Waals surface area contributed by atoms with Crippen LogP contribution < -0.4 is 11.1 Å². The third kappa shape index (κ3) is 10.4. The number of alkyl carbamates (subject to hydrolysis) is 1. The normalized spacial score (nSPS) is 21.8. The number of carbonyl (C=O) groups excluding carboxylic acids is 3. The second-order valence-corrected chi connectivity index (χ2v) is 10.1. The maximum atomic E-state index is 13.4. The molecule has 0 spiro atoms. The Labute approximate surface area is 195 Å². The fraction of sp³-hybridized carbons (Fsp3) is 0.810. The summed E-state index contributed by atoms with van der Waals surface area (Å²) in [6.07, 6.45) is 1.20. The Hall–Kier alpha value is -2.34. The topological polar surface area (TPSA) is 179 Å². The second-order valence-electron chi connectivity index (χ2n) is 10.1. The van der Waals surface area contributed by atoms with E-state index in [1.54, 1.807) is 27.7 Å². The Balaban J connectivity index is 3.02. The zero-order chi connectivity index (χ0) is 25.4. The van der Waals surface area contributed by atoms with Crippen LogP contribution in [0.4, 0.5) is 4.79 Å². The minimum atomic E-state index is -1.51. The largest absolute Gasteiger partial charge is 0.481 e. The van der Waals surface area contributed by atoms with Gasteiger partial charge >= 0.3 is 19.2 Å². The third-order valence-electron chi connectivity index (χ3n) is 5.57. The smallest absolute Gasteiger partial charge is 0.451 e. The summed E-state index contributed by atoms with van der Waals surface area (Å²) in [6.45, 7) is 6.84. The number of nitrogens with zero attached hydrogens (tertiary/aromatic N) is 1. The van der Waals surface area contributed by atoms with Crippen LogP contribution in [0, 0.1) is 11.3 Å². The van der Waals surface area contributed by atoms with Crippen LogP contribution >= 0.6 is 0 Å². The number of unbranched alkanes of at least 4 members (excludes halogenated alkanes) is 1. The highest BCUT2D eigenvalue weighted by Gasteiger charge is 2.44. The molecule has 11 nitrogen and oxygen atoms in total. The number of rotatable bonds is 11.